The SMILES string of the molecule is CC(C)(C)OC(=O)N1CCOc2c(cc(Cl)cc2C(=O)O)C1. The molecule has 0 atom stereocenters. The predicted molar refractivity (Wildman–Crippen MR) is 80.6 cm³/mol. The summed E-state index contributed by atoms with van der Waals surface area (Å²) in [4.78, 5) is 24.9. The third-order valence-electron chi connectivity index (χ3n) is 2.98. The average molecular weight is 328 g/mol. The quantitative estimate of drug-likeness (QED) is 0.857. The molecular formula is C15H18ClNO5. The second kappa shape index (κ2) is 6.04. The van der Waals surface area contributed by atoms with Gasteiger partial charge in [-0.05, 0) is 32.9 Å². The fourth-order valence-corrected chi connectivity index (χ4v) is 2.36. The molecule has 6 nitrogen and oxygen atoms in total. The van der Waals surface area contributed by atoms with Crippen LogP contribution in [-0.4, -0.2) is 40.8 Å². The van der Waals surface area contributed by atoms with Crippen LogP contribution in [0.4, 0.5) is 4.79 Å². The van der Waals surface area contributed by atoms with Gasteiger partial charge in [0.25, 0.3) is 0 Å². The van der Waals surface area contributed by atoms with Crippen LogP contribution in [0.5, 0.6) is 5.75 Å². The van der Waals surface area contributed by atoms with Crippen molar-refractivity contribution in [1.29, 1.82) is 0 Å². The minimum Gasteiger partial charge on any atom is -0.490 e. The maximum atomic E-state index is 12.2. The highest BCUT2D eigenvalue weighted by Gasteiger charge is 2.27. The van der Waals surface area contributed by atoms with E-state index in [2.05, 4.69) is 0 Å². The summed E-state index contributed by atoms with van der Waals surface area (Å²) < 4.78 is 10.9. The predicted octanol–water partition coefficient (Wildman–Crippen LogP) is 3.17. The minimum absolute atomic E-state index is 0.00598. The molecule has 22 heavy (non-hydrogen) atoms. The first-order valence-electron chi connectivity index (χ1n) is 6.84. The van der Waals surface area contributed by atoms with E-state index in [-0.39, 0.29) is 29.5 Å². The second-order valence-electron chi connectivity index (χ2n) is 6.00. The van der Waals surface area contributed by atoms with Crippen molar-refractivity contribution in [3.63, 3.8) is 0 Å². The van der Waals surface area contributed by atoms with Crippen LogP contribution < -0.4 is 4.74 Å². The smallest absolute Gasteiger partial charge is 0.410 e. The van der Waals surface area contributed by atoms with E-state index >= 15 is 0 Å². The molecule has 7 heteroatoms. The van der Waals surface area contributed by atoms with Crippen LogP contribution in [0.3, 0.4) is 0 Å². The van der Waals surface area contributed by atoms with Gasteiger partial charge in [-0.15, -0.1) is 0 Å². The molecule has 1 aromatic carbocycles. The molecule has 1 heterocycles. The standard InChI is InChI=1S/C15H18ClNO5/c1-15(2,3)22-14(20)17-4-5-21-12-9(8-17)6-10(16)7-11(12)13(18)19/h6-7H,4-5,8H2,1-3H3,(H,18,19). The molecule has 0 spiro atoms. The van der Waals surface area contributed by atoms with Crippen molar-refractivity contribution in [2.45, 2.75) is 32.9 Å². The topological polar surface area (TPSA) is 76.1 Å². The molecular weight excluding hydrogens is 310 g/mol. The Bertz CT molecular complexity index is 609. The monoisotopic (exact) mass is 327 g/mol. The first-order valence-corrected chi connectivity index (χ1v) is 7.21. The summed E-state index contributed by atoms with van der Waals surface area (Å²) in [5.41, 5.74) is -0.0602. The molecule has 0 unspecified atom stereocenters. The van der Waals surface area contributed by atoms with Crippen molar-refractivity contribution in [1.82, 2.24) is 4.90 Å². The number of hydrogen-bond donors (Lipinski definition) is 1. The maximum absolute atomic E-state index is 12.2. The van der Waals surface area contributed by atoms with Gasteiger partial charge in [-0.25, -0.2) is 9.59 Å². The lowest BCUT2D eigenvalue weighted by Crippen LogP contribution is -2.37. The number of fused-ring (bicyclic) bond motifs is 1. The Hall–Kier alpha value is -1.95. The Morgan fingerprint density at radius 1 is 1.36 bits per heavy atom. The van der Waals surface area contributed by atoms with Crippen molar-refractivity contribution in [2.24, 2.45) is 0 Å². The Morgan fingerprint density at radius 3 is 2.64 bits per heavy atom. The fourth-order valence-electron chi connectivity index (χ4n) is 2.12. The van der Waals surface area contributed by atoms with Crippen molar-refractivity contribution in [3.05, 3.63) is 28.3 Å². The highest BCUT2D eigenvalue weighted by molar-refractivity contribution is 6.31. The Morgan fingerprint density at radius 2 is 2.05 bits per heavy atom. The number of carbonyl (C=O) groups excluding carboxylic acids is 1. The normalized spacial score (nSPS) is 14.6. The molecule has 120 valence electrons. The van der Waals surface area contributed by atoms with Crippen molar-refractivity contribution in [3.8, 4) is 5.75 Å². The largest absolute Gasteiger partial charge is 0.490 e. The van der Waals surface area contributed by atoms with E-state index in [9.17, 15) is 14.7 Å². The number of ether oxygens (including phenoxy) is 2. The third kappa shape index (κ3) is 3.82. The number of carboxylic acids is 1. The highest BCUT2D eigenvalue weighted by atomic mass is 35.5. The summed E-state index contributed by atoms with van der Waals surface area (Å²) >= 11 is 5.96. The van der Waals surface area contributed by atoms with Gasteiger partial charge in [0.15, 0.2) is 0 Å². The van der Waals surface area contributed by atoms with Gasteiger partial charge in [-0.2, -0.15) is 0 Å². The number of nitrogens with zero attached hydrogens (tertiary/aromatic N) is 1. The van der Waals surface area contributed by atoms with Gasteiger partial charge < -0.3 is 19.5 Å². The molecule has 1 N–H and O–H groups in total. The zero-order valence-corrected chi connectivity index (χ0v) is 13.4. The molecule has 0 fully saturated rings. The highest BCUT2D eigenvalue weighted by Crippen LogP contribution is 2.31. The Kier molecular flexibility index (Phi) is 4.51. The molecule has 0 radical (unpaired) electrons. The van der Waals surface area contributed by atoms with E-state index in [1.165, 1.54) is 11.0 Å². The third-order valence-corrected chi connectivity index (χ3v) is 3.20. The number of carbonyl (C=O) groups is 2. The molecule has 1 aliphatic heterocycles. The van der Waals surface area contributed by atoms with Crippen molar-refractivity contribution >= 4 is 23.7 Å². The Balaban J connectivity index is 2.31. The number of rotatable bonds is 1. The minimum atomic E-state index is -1.12. The second-order valence-corrected chi connectivity index (χ2v) is 6.43. The summed E-state index contributed by atoms with van der Waals surface area (Å²) in [5, 5.41) is 9.52. The van der Waals surface area contributed by atoms with E-state index in [1.807, 2.05) is 0 Å². The van der Waals surface area contributed by atoms with Crippen molar-refractivity contribution < 1.29 is 24.2 Å². The summed E-state index contributed by atoms with van der Waals surface area (Å²) in [7, 11) is 0. The molecule has 1 aliphatic rings. The van der Waals surface area contributed by atoms with Gasteiger partial charge in [0.1, 0.15) is 23.5 Å². The van der Waals surface area contributed by atoms with E-state index in [0.29, 0.717) is 12.1 Å². The van der Waals surface area contributed by atoms with Gasteiger partial charge in [-0.1, -0.05) is 11.6 Å². The molecule has 0 saturated heterocycles. The average Bonchev–Trinajstić information content (AvgIpc) is 2.57. The molecule has 0 bridgehead atoms. The maximum Gasteiger partial charge on any atom is 0.410 e. The van der Waals surface area contributed by atoms with Crippen LogP contribution in [0.25, 0.3) is 0 Å². The Labute approximate surface area is 133 Å². The first-order chi connectivity index (χ1) is 10.2. The van der Waals surface area contributed by atoms with Gasteiger partial charge in [-0.3, -0.25) is 0 Å². The van der Waals surface area contributed by atoms with Crippen LogP contribution in [-0.2, 0) is 11.3 Å². The van der Waals surface area contributed by atoms with E-state index < -0.39 is 17.7 Å². The number of carboxylic acid groups (broad SMARTS) is 1. The van der Waals surface area contributed by atoms with Crippen molar-refractivity contribution in [2.75, 3.05) is 13.2 Å². The summed E-state index contributed by atoms with van der Waals surface area (Å²) in [6.07, 6.45) is -0.471. The number of aromatic carboxylic acids is 1. The van der Waals surface area contributed by atoms with Gasteiger partial charge in [0, 0.05) is 10.6 Å². The fraction of sp³-hybridized carbons (Fsp3) is 0.467. The lowest BCUT2D eigenvalue weighted by atomic mass is 10.1. The lowest BCUT2D eigenvalue weighted by molar-refractivity contribution is 0.0225. The molecule has 0 saturated carbocycles. The first kappa shape index (κ1) is 16.4. The molecule has 0 aromatic heterocycles. The molecule has 0 aliphatic carbocycles. The van der Waals surface area contributed by atoms with Crippen LogP contribution in [0, 0.1) is 0 Å². The summed E-state index contributed by atoms with van der Waals surface area (Å²) in [6.45, 7) is 6.03. The lowest BCUT2D eigenvalue weighted by Gasteiger charge is -2.26. The molecule has 2 rings (SSSR count). The van der Waals surface area contributed by atoms with E-state index in [1.54, 1.807) is 26.8 Å². The summed E-state index contributed by atoms with van der Waals surface area (Å²) in [6, 6.07) is 2.94. The van der Waals surface area contributed by atoms with Crippen LogP contribution in [0.15, 0.2) is 12.1 Å². The molecule has 1 amide bonds. The summed E-state index contributed by atoms with van der Waals surface area (Å²) in [5.74, 6) is -0.868. The number of amides is 1. The van der Waals surface area contributed by atoms with E-state index in [4.69, 9.17) is 21.1 Å². The van der Waals surface area contributed by atoms with Crippen LogP contribution in [0.2, 0.25) is 5.02 Å². The van der Waals surface area contributed by atoms with Crippen LogP contribution in [0.1, 0.15) is 36.7 Å². The van der Waals surface area contributed by atoms with Gasteiger partial charge in [0.05, 0.1) is 13.1 Å². The van der Waals surface area contributed by atoms with Gasteiger partial charge in [0.2, 0.25) is 0 Å². The number of benzene rings is 1. The zero-order valence-electron chi connectivity index (χ0n) is 12.7. The van der Waals surface area contributed by atoms with E-state index in [0.717, 1.165) is 0 Å². The number of halogens is 1. The van der Waals surface area contributed by atoms with Gasteiger partial charge >= 0.3 is 12.1 Å². The van der Waals surface area contributed by atoms with Crippen LogP contribution >= 0.6 is 11.6 Å². The number of hydrogen-bond acceptors (Lipinski definition) is 4. The zero-order chi connectivity index (χ0) is 16.5. The molecule has 1 aromatic rings.